The monoisotopic (exact) mass is 313 g/mol. The van der Waals surface area contributed by atoms with E-state index in [2.05, 4.69) is 27.8 Å². The van der Waals surface area contributed by atoms with Crippen molar-refractivity contribution in [2.75, 3.05) is 20.2 Å². The van der Waals surface area contributed by atoms with Gasteiger partial charge in [-0.15, -0.1) is 0 Å². The number of rotatable bonds is 3. The van der Waals surface area contributed by atoms with Crippen LogP contribution in [0.5, 0.6) is 11.5 Å². The molecule has 4 heteroatoms. The van der Waals surface area contributed by atoms with Crippen LogP contribution in [0.25, 0.3) is 0 Å². The third-order valence-electron chi connectivity index (χ3n) is 3.47. The molecule has 1 saturated heterocycles. The van der Waals surface area contributed by atoms with Crippen LogP contribution in [0, 0.1) is 5.92 Å². The largest absolute Gasteiger partial charge is 0.504 e. The summed E-state index contributed by atoms with van der Waals surface area (Å²) in [7, 11) is 1.58. The molecule has 18 heavy (non-hydrogen) atoms. The molecule has 1 aliphatic rings. The fourth-order valence-corrected chi connectivity index (χ4v) is 3.06. The highest BCUT2D eigenvalue weighted by atomic mass is 79.9. The number of hydrogen-bond acceptors (Lipinski definition) is 3. The van der Waals surface area contributed by atoms with Gasteiger partial charge in [0.05, 0.1) is 7.11 Å². The van der Waals surface area contributed by atoms with Gasteiger partial charge in [0.2, 0.25) is 0 Å². The number of hydrogen-bond donors (Lipinski definition) is 1. The number of methoxy groups -OCH3 is 1. The number of phenolic OH excluding ortho intramolecular Hbond substituents is 1. The van der Waals surface area contributed by atoms with E-state index in [0.717, 1.165) is 35.6 Å². The molecule has 1 atom stereocenters. The van der Waals surface area contributed by atoms with Gasteiger partial charge in [0, 0.05) is 23.1 Å². The molecular formula is C14H20BrNO2. The van der Waals surface area contributed by atoms with Crippen LogP contribution in [0.4, 0.5) is 0 Å². The van der Waals surface area contributed by atoms with Crippen LogP contribution in [0.1, 0.15) is 25.3 Å². The van der Waals surface area contributed by atoms with Crippen molar-refractivity contribution in [3.63, 3.8) is 0 Å². The summed E-state index contributed by atoms with van der Waals surface area (Å²) in [4.78, 5) is 2.40. The van der Waals surface area contributed by atoms with Crippen molar-refractivity contribution >= 4 is 15.9 Å². The Bertz CT molecular complexity index is 423. The van der Waals surface area contributed by atoms with Gasteiger partial charge < -0.3 is 9.84 Å². The molecule has 3 nitrogen and oxygen atoms in total. The van der Waals surface area contributed by atoms with Gasteiger partial charge in [0.15, 0.2) is 11.5 Å². The zero-order valence-corrected chi connectivity index (χ0v) is 12.5. The molecule has 1 fully saturated rings. The summed E-state index contributed by atoms with van der Waals surface area (Å²) >= 11 is 3.46. The highest BCUT2D eigenvalue weighted by molar-refractivity contribution is 9.10. The van der Waals surface area contributed by atoms with Gasteiger partial charge in [0.1, 0.15) is 0 Å². The summed E-state index contributed by atoms with van der Waals surface area (Å²) < 4.78 is 6.12. The van der Waals surface area contributed by atoms with Gasteiger partial charge >= 0.3 is 0 Å². The molecule has 0 saturated carbocycles. The molecule has 1 unspecified atom stereocenters. The molecule has 0 aromatic heterocycles. The van der Waals surface area contributed by atoms with Crippen LogP contribution in [-0.2, 0) is 6.54 Å². The highest BCUT2D eigenvalue weighted by Crippen LogP contribution is 2.34. The number of benzene rings is 1. The van der Waals surface area contributed by atoms with Crippen molar-refractivity contribution in [1.29, 1.82) is 0 Å². The van der Waals surface area contributed by atoms with E-state index < -0.39 is 0 Å². The van der Waals surface area contributed by atoms with E-state index in [1.807, 2.05) is 6.07 Å². The minimum atomic E-state index is 0.263. The normalized spacial score (nSPS) is 20.9. The molecule has 1 aromatic rings. The third-order valence-corrected chi connectivity index (χ3v) is 3.93. The fraction of sp³-hybridized carbons (Fsp3) is 0.571. The lowest BCUT2D eigenvalue weighted by molar-refractivity contribution is 0.174. The van der Waals surface area contributed by atoms with Gasteiger partial charge in [0.25, 0.3) is 0 Å². The third kappa shape index (κ3) is 3.18. The predicted octanol–water partition coefficient (Wildman–Crippen LogP) is 3.40. The molecule has 0 bridgehead atoms. The molecule has 0 spiro atoms. The average Bonchev–Trinajstić information content (AvgIpc) is 2.33. The first-order valence-electron chi connectivity index (χ1n) is 6.38. The molecule has 0 amide bonds. The molecule has 1 aromatic carbocycles. The van der Waals surface area contributed by atoms with Gasteiger partial charge in [-0.2, -0.15) is 0 Å². The Kier molecular flexibility index (Phi) is 4.51. The second-order valence-electron chi connectivity index (χ2n) is 5.10. The maximum atomic E-state index is 10.1. The van der Waals surface area contributed by atoms with Crippen LogP contribution in [0.3, 0.4) is 0 Å². The molecule has 2 rings (SSSR count). The summed E-state index contributed by atoms with van der Waals surface area (Å²) in [6.07, 6.45) is 2.55. The minimum absolute atomic E-state index is 0.263. The Morgan fingerprint density at radius 3 is 2.94 bits per heavy atom. The lowest BCUT2D eigenvalue weighted by Crippen LogP contribution is -2.33. The molecule has 100 valence electrons. The van der Waals surface area contributed by atoms with Crippen molar-refractivity contribution in [3.05, 3.63) is 22.2 Å². The van der Waals surface area contributed by atoms with Crippen molar-refractivity contribution in [2.24, 2.45) is 5.92 Å². The minimum Gasteiger partial charge on any atom is -0.504 e. The molecule has 0 radical (unpaired) electrons. The van der Waals surface area contributed by atoms with Gasteiger partial charge in [-0.3, -0.25) is 4.90 Å². The fourth-order valence-electron chi connectivity index (χ4n) is 2.58. The zero-order valence-electron chi connectivity index (χ0n) is 10.9. The summed E-state index contributed by atoms with van der Waals surface area (Å²) in [6, 6.07) is 3.76. The lowest BCUT2D eigenvalue weighted by Gasteiger charge is -2.31. The quantitative estimate of drug-likeness (QED) is 0.928. The van der Waals surface area contributed by atoms with Crippen molar-refractivity contribution < 1.29 is 9.84 Å². The van der Waals surface area contributed by atoms with E-state index in [4.69, 9.17) is 4.74 Å². The molecule has 1 heterocycles. The van der Waals surface area contributed by atoms with Crippen LogP contribution in [0.15, 0.2) is 16.6 Å². The topological polar surface area (TPSA) is 32.7 Å². The molecule has 0 aliphatic carbocycles. The number of piperidine rings is 1. The van der Waals surface area contributed by atoms with Crippen molar-refractivity contribution in [3.8, 4) is 11.5 Å². The van der Waals surface area contributed by atoms with E-state index in [9.17, 15) is 5.11 Å². The number of phenols is 1. The Morgan fingerprint density at radius 1 is 1.50 bits per heavy atom. The first-order chi connectivity index (χ1) is 8.60. The maximum absolute atomic E-state index is 10.1. The van der Waals surface area contributed by atoms with Crippen LogP contribution >= 0.6 is 15.9 Å². The lowest BCUT2D eigenvalue weighted by atomic mass is 9.99. The summed E-state index contributed by atoms with van der Waals surface area (Å²) in [5, 5.41) is 10.1. The van der Waals surface area contributed by atoms with E-state index in [-0.39, 0.29) is 5.75 Å². The van der Waals surface area contributed by atoms with E-state index in [1.165, 1.54) is 12.8 Å². The molecular weight excluding hydrogens is 294 g/mol. The Balaban J connectivity index is 2.15. The summed E-state index contributed by atoms with van der Waals surface area (Å²) in [5.41, 5.74) is 0.926. The molecule has 1 aliphatic heterocycles. The van der Waals surface area contributed by atoms with Crippen molar-refractivity contribution in [2.45, 2.75) is 26.3 Å². The van der Waals surface area contributed by atoms with Crippen LogP contribution < -0.4 is 4.74 Å². The SMILES string of the molecule is COc1cc(Br)cc(CN2CCCC(C)C2)c1O. The first kappa shape index (κ1) is 13.7. The van der Waals surface area contributed by atoms with Gasteiger partial charge in [-0.25, -0.2) is 0 Å². The van der Waals surface area contributed by atoms with E-state index in [0.29, 0.717) is 5.75 Å². The number of likely N-dealkylation sites (tertiary alicyclic amines) is 1. The smallest absolute Gasteiger partial charge is 0.162 e. The number of ether oxygens (including phenoxy) is 1. The zero-order chi connectivity index (χ0) is 13.1. The number of aromatic hydroxyl groups is 1. The van der Waals surface area contributed by atoms with Gasteiger partial charge in [-0.05, 0) is 37.4 Å². The van der Waals surface area contributed by atoms with E-state index in [1.54, 1.807) is 13.2 Å². The maximum Gasteiger partial charge on any atom is 0.162 e. The summed E-state index contributed by atoms with van der Waals surface area (Å²) in [5.74, 6) is 1.54. The second kappa shape index (κ2) is 5.93. The number of nitrogens with zero attached hydrogens (tertiary/aromatic N) is 1. The predicted molar refractivity (Wildman–Crippen MR) is 76.0 cm³/mol. The first-order valence-corrected chi connectivity index (χ1v) is 7.17. The van der Waals surface area contributed by atoms with Crippen molar-refractivity contribution in [1.82, 2.24) is 4.90 Å². The van der Waals surface area contributed by atoms with Crippen LogP contribution in [-0.4, -0.2) is 30.2 Å². The average molecular weight is 314 g/mol. The van der Waals surface area contributed by atoms with Gasteiger partial charge in [-0.1, -0.05) is 22.9 Å². The Morgan fingerprint density at radius 2 is 2.28 bits per heavy atom. The number of halogens is 1. The van der Waals surface area contributed by atoms with E-state index >= 15 is 0 Å². The second-order valence-corrected chi connectivity index (χ2v) is 6.01. The van der Waals surface area contributed by atoms with Crippen LogP contribution in [0.2, 0.25) is 0 Å². The standard InChI is InChI=1S/C14H20BrNO2/c1-10-4-3-5-16(8-10)9-11-6-12(15)7-13(18-2)14(11)17/h6-7,10,17H,3-5,8-9H2,1-2H3. The summed E-state index contributed by atoms with van der Waals surface area (Å²) in [6.45, 7) is 5.28. The Hall–Kier alpha value is -0.740. The Labute approximate surface area is 117 Å². The highest BCUT2D eigenvalue weighted by Gasteiger charge is 2.19. The molecule has 1 N–H and O–H groups in total.